The fraction of sp³-hybridized carbons (Fsp3) is 0.500. The van der Waals surface area contributed by atoms with E-state index >= 15 is 0 Å². The van der Waals surface area contributed by atoms with Gasteiger partial charge in [0, 0.05) is 38.4 Å². The zero-order valence-corrected chi connectivity index (χ0v) is 18.1. The molecule has 5 heteroatoms. The van der Waals surface area contributed by atoms with Crippen LogP contribution >= 0.6 is 0 Å². The lowest BCUT2D eigenvalue weighted by molar-refractivity contribution is 0.0656. The summed E-state index contributed by atoms with van der Waals surface area (Å²) in [5.74, 6) is 1.74. The third-order valence-corrected chi connectivity index (χ3v) is 5.41. The van der Waals surface area contributed by atoms with Gasteiger partial charge < -0.3 is 19.5 Å². The number of hydrogen-bond donors (Lipinski definition) is 1. The molecule has 1 fully saturated rings. The van der Waals surface area contributed by atoms with Crippen molar-refractivity contribution in [2.24, 2.45) is 0 Å². The summed E-state index contributed by atoms with van der Waals surface area (Å²) in [5, 5.41) is 10.5. The molecule has 2 aromatic rings. The van der Waals surface area contributed by atoms with E-state index in [4.69, 9.17) is 9.47 Å². The van der Waals surface area contributed by atoms with Crippen LogP contribution in [0.5, 0.6) is 11.5 Å². The third kappa shape index (κ3) is 5.87. The van der Waals surface area contributed by atoms with Gasteiger partial charge in [-0.1, -0.05) is 39.0 Å². The Labute approximate surface area is 174 Å². The molecule has 1 aliphatic heterocycles. The Hall–Kier alpha value is -2.24. The molecule has 1 N–H and O–H groups in total. The molecule has 1 atom stereocenters. The number of piperazine rings is 1. The third-order valence-electron chi connectivity index (χ3n) is 5.41. The highest BCUT2D eigenvalue weighted by atomic mass is 16.5. The van der Waals surface area contributed by atoms with Crippen molar-refractivity contribution in [2.75, 3.05) is 51.3 Å². The molecular weight excluding hydrogens is 364 g/mol. The van der Waals surface area contributed by atoms with Gasteiger partial charge in [0.05, 0.1) is 7.11 Å². The van der Waals surface area contributed by atoms with Gasteiger partial charge in [-0.3, -0.25) is 4.90 Å². The quantitative estimate of drug-likeness (QED) is 0.773. The largest absolute Gasteiger partial charge is 0.497 e. The molecule has 0 aliphatic carbocycles. The predicted molar refractivity (Wildman–Crippen MR) is 118 cm³/mol. The number of aliphatic hydroxyl groups is 1. The maximum Gasteiger partial charge on any atom is 0.123 e. The van der Waals surface area contributed by atoms with Crippen molar-refractivity contribution in [1.29, 1.82) is 0 Å². The number of nitrogens with zero attached hydrogens (tertiary/aromatic N) is 2. The zero-order valence-electron chi connectivity index (χ0n) is 18.1. The highest BCUT2D eigenvalue weighted by molar-refractivity contribution is 5.49. The van der Waals surface area contributed by atoms with Crippen molar-refractivity contribution in [2.45, 2.75) is 32.3 Å². The summed E-state index contributed by atoms with van der Waals surface area (Å²) >= 11 is 0. The molecule has 158 valence electrons. The average Bonchev–Trinajstić information content (AvgIpc) is 2.72. The first-order chi connectivity index (χ1) is 13.9. The van der Waals surface area contributed by atoms with E-state index in [-0.39, 0.29) is 5.41 Å². The first-order valence-electron chi connectivity index (χ1n) is 10.4. The summed E-state index contributed by atoms with van der Waals surface area (Å²) < 4.78 is 11.2. The van der Waals surface area contributed by atoms with Crippen molar-refractivity contribution in [3.63, 3.8) is 0 Å². The summed E-state index contributed by atoms with van der Waals surface area (Å²) in [5.41, 5.74) is 2.40. The van der Waals surface area contributed by atoms with Crippen LogP contribution in [-0.2, 0) is 5.41 Å². The summed E-state index contributed by atoms with van der Waals surface area (Å²) in [6.07, 6.45) is -0.504. The molecule has 3 rings (SSSR count). The zero-order chi connectivity index (χ0) is 20.9. The summed E-state index contributed by atoms with van der Waals surface area (Å²) in [6, 6.07) is 16.3. The van der Waals surface area contributed by atoms with E-state index in [1.54, 1.807) is 7.11 Å². The van der Waals surface area contributed by atoms with E-state index in [0.717, 1.165) is 37.7 Å². The van der Waals surface area contributed by atoms with Gasteiger partial charge in [0.2, 0.25) is 0 Å². The van der Waals surface area contributed by atoms with Gasteiger partial charge in [0.25, 0.3) is 0 Å². The molecule has 0 unspecified atom stereocenters. The topological polar surface area (TPSA) is 45.2 Å². The number of benzene rings is 2. The number of anilines is 1. The highest BCUT2D eigenvalue weighted by Gasteiger charge is 2.22. The second kappa shape index (κ2) is 9.51. The molecule has 0 spiro atoms. The minimum atomic E-state index is -0.504. The number of ether oxygens (including phenoxy) is 2. The molecule has 0 aromatic heterocycles. The first-order valence-corrected chi connectivity index (χ1v) is 10.4. The number of β-amino-alcohol motifs (C(OH)–C–C–N with tert-alkyl or cyclic N) is 1. The number of methoxy groups -OCH3 is 1. The van der Waals surface area contributed by atoms with E-state index in [1.807, 2.05) is 30.3 Å². The normalized spacial score (nSPS) is 16.5. The van der Waals surface area contributed by atoms with Crippen LogP contribution in [0.4, 0.5) is 5.69 Å². The predicted octanol–water partition coefficient (Wildman–Crippen LogP) is 3.55. The van der Waals surface area contributed by atoms with E-state index in [0.29, 0.717) is 13.2 Å². The second-order valence-corrected chi connectivity index (χ2v) is 8.70. The fourth-order valence-electron chi connectivity index (χ4n) is 3.73. The monoisotopic (exact) mass is 398 g/mol. The minimum Gasteiger partial charge on any atom is -0.497 e. The number of aliphatic hydroxyl groups excluding tert-OH is 1. The van der Waals surface area contributed by atoms with Crippen molar-refractivity contribution in [3.05, 3.63) is 54.1 Å². The Morgan fingerprint density at radius 3 is 2.24 bits per heavy atom. The average molecular weight is 399 g/mol. The molecule has 0 amide bonds. The maximum absolute atomic E-state index is 10.5. The van der Waals surface area contributed by atoms with E-state index in [1.165, 1.54) is 11.3 Å². The van der Waals surface area contributed by atoms with Crippen LogP contribution in [0.25, 0.3) is 0 Å². The molecule has 29 heavy (non-hydrogen) atoms. The van der Waals surface area contributed by atoms with Crippen molar-refractivity contribution in [3.8, 4) is 11.5 Å². The molecular formula is C24H34N2O3. The van der Waals surface area contributed by atoms with Crippen LogP contribution in [0.3, 0.4) is 0 Å². The number of hydrogen-bond acceptors (Lipinski definition) is 5. The lowest BCUT2D eigenvalue weighted by atomic mass is 9.86. The van der Waals surface area contributed by atoms with Crippen molar-refractivity contribution >= 4 is 5.69 Å². The fourth-order valence-corrected chi connectivity index (χ4v) is 3.73. The lowest BCUT2D eigenvalue weighted by Gasteiger charge is -2.37. The van der Waals surface area contributed by atoms with Gasteiger partial charge in [-0.25, -0.2) is 0 Å². The Morgan fingerprint density at radius 1 is 0.966 bits per heavy atom. The Bertz CT molecular complexity index is 762. The molecule has 0 radical (unpaired) electrons. The van der Waals surface area contributed by atoms with Gasteiger partial charge in [0.15, 0.2) is 0 Å². The van der Waals surface area contributed by atoms with Gasteiger partial charge >= 0.3 is 0 Å². The summed E-state index contributed by atoms with van der Waals surface area (Å²) in [6.45, 7) is 11.2. The second-order valence-electron chi connectivity index (χ2n) is 8.70. The Balaban J connectivity index is 1.46. The molecule has 2 aromatic carbocycles. The minimum absolute atomic E-state index is 0.0132. The van der Waals surface area contributed by atoms with Gasteiger partial charge in [-0.2, -0.15) is 0 Å². The highest BCUT2D eigenvalue weighted by Crippen LogP contribution is 2.31. The molecule has 5 nitrogen and oxygen atoms in total. The van der Waals surface area contributed by atoms with Crippen molar-refractivity contribution < 1.29 is 14.6 Å². The van der Waals surface area contributed by atoms with Gasteiger partial charge in [-0.15, -0.1) is 0 Å². The van der Waals surface area contributed by atoms with E-state index < -0.39 is 6.10 Å². The molecule has 0 bridgehead atoms. The standard InChI is InChI=1S/C24H34N2O3/c1-24(2,3)22-7-5-6-8-23(22)29-18-20(27)17-25-13-15-26(16-14-25)19-9-11-21(28-4)12-10-19/h5-12,20,27H,13-18H2,1-4H3/t20-/m0/s1. The van der Waals surface area contributed by atoms with Crippen molar-refractivity contribution in [1.82, 2.24) is 4.90 Å². The van der Waals surface area contributed by atoms with E-state index in [9.17, 15) is 5.11 Å². The lowest BCUT2D eigenvalue weighted by Crippen LogP contribution is -2.49. The van der Waals surface area contributed by atoms with Gasteiger partial charge in [0.1, 0.15) is 24.2 Å². The Morgan fingerprint density at radius 2 is 1.62 bits per heavy atom. The Kier molecular flexibility index (Phi) is 7.04. The van der Waals surface area contributed by atoms with E-state index in [2.05, 4.69) is 48.8 Å². The number of para-hydroxylation sites is 1. The smallest absolute Gasteiger partial charge is 0.123 e. The molecule has 0 saturated carbocycles. The van der Waals surface area contributed by atoms with Crippen LogP contribution in [-0.4, -0.2) is 62.6 Å². The van der Waals surface area contributed by atoms with Crippen LogP contribution in [0.15, 0.2) is 48.5 Å². The molecule has 1 saturated heterocycles. The molecule has 1 heterocycles. The first kappa shape index (κ1) is 21.5. The van der Waals surface area contributed by atoms with Crippen LogP contribution in [0.2, 0.25) is 0 Å². The van der Waals surface area contributed by atoms with Crippen LogP contribution in [0, 0.1) is 0 Å². The van der Waals surface area contributed by atoms with Crippen LogP contribution in [0.1, 0.15) is 26.3 Å². The molecule has 1 aliphatic rings. The SMILES string of the molecule is COc1ccc(N2CCN(C[C@H](O)COc3ccccc3C(C)(C)C)CC2)cc1. The summed E-state index contributed by atoms with van der Waals surface area (Å²) in [4.78, 5) is 4.68. The van der Waals surface area contributed by atoms with Gasteiger partial charge in [-0.05, 0) is 41.3 Å². The summed E-state index contributed by atoms with van der Waals surface area (Å²) in [7, 11) is 1.69. The maximum atomic E-state index is 10.5. The van der Waals surface area contributed by atoms with Crippen LogP contribution < -0.4 is 14.4 Å². The number of rotatable bonds is 7.